The van der Waals surface area contributed by atoms with E-state index in [-0.39, 0.29) is 10.5 Å². The Hall–Kier alpha value is -2.54. The highest BCUT2D eigenvalue weighted by Gasteiger charge is 2.19. The molecule has 1 amide bonds. The molecule has 0 unspecified atom stereocenters. The number of benzene rings is 2. The third-order valence-corrected chi connectivity index (χ3v) is 4.95. The number of carbonyl (C=O) groups is 1. The average molecular weight is 348 g/mol. The monoisotopic (exact) mass is 348 g/mol. The van der Waals surface area contributed by atoms with Crippen molar-refractivity contribution in [1.82, 2.24) is 5.32 Å². The van der Waals surface area contributed by atoms with Crippen LogP contribution in [0.3, 0.4) is 0 Å². The van der Waals surface area contributed by atoms with E-state index in [0.29, 0.717) is 11.4 Å². The number of nitrogens with one attached hydrogen (secondary N) is 2. The standard InChI is InChI=1S/C17H20N2O4S/c1-4-12-5-7-13(8-6-12)19-24(21,22)14-9-10-16(23-3)15(11-14)17(20)18-2/h5-11,19H,4H2,1-3H3,(H,18,20). The second kappa shape index (κ2) is 7.35. The van der Waals surface area contributed by atoms with Crippen molar-refractivity contribution >= 4 is 21.6 Å². The minimum absolute atomic E-state index is 0.0125. The van der Waals surface area contributed by atoms with Crippen LogP contribution in [0.15, 0.2) is 47.4 Å². The fourth-order valence-electron chi connectivity index (χ4n) is 2.19. The maximum Gasteiger partial charge on any atom is 0.261 e. The molecule has 128 valence electrons. The van der Waals surface area contributed by atoms with Gasteiger partial charge in [0.25, 0.3) is 15.9 Å². The summed E-state index contributed by atoms with van der Waals surface area (Å²) in [6.07, 6.45) is 0.876. The van der Waals surface area contributed by atoms with E-state index in [0.717, 1.165) is 12.0 Å². The van der Waals surface area contributed by atoms with Gasteiger partial charge in [0.1, 0.15) is 5.75 Å². The molecule has 2 aromatic carbocycles. The predicted octanol–water partition coefficient (Wildman–Crippen LogP) is 2.42. The number of anilines is 1. The Bertz CT molecular complexity index is 830. The second-order valence-corrected chi connectivity index (χ2v) is 6.78. The van der Waals surface area contributed by atoms with Crippen LogP contribution >= 0.6 is 0 Å². The molecule has 0 radical (unpaired) electrons. The molecule has 0 aromatic heterocycles. The van der Waals surface area contributed by atoms with E-state index in [2.05, 4.69) is 10.0 Å². The minimum atomic E-state index is -3.81. The molecular formula is C17H20N2O4S. The lowest BCUT2D eigenvalue weighted by molar-refractivity contribution is 0.0960. The third-order valence-electron chi connectivity index (χ3n) is 3.57. The van der Waals surface area contributed by atoms with Crippen molar-refractivity contribution in [3.63, 3.8) is 0 Å². The lowest BCUT2D eigenvalue weighted by atomic mass is 10.2. The molecule has 0 heterocycles. The van der Waals surface area contributed by atoms with Gasteiger partial charge >= 0.3 is 0 Å². The lowest BCUT2D eigenvalue weighted by Gasteiger charge is -2.12. The number of aryl methyl sites for hydroxylation is 1. The molecule has 7 heteroatoms. The van der Waals surface area contributed by atoms with Crippen LogP contribution in [0.4, 0.5) is 5.69 Å². The Morgan fingerprint density at radius 3 is 2.33 bits per heavy atom. The van der Waals surface area contributed by atoms with Crippen molar-refractivity contribution in [1.29, 1.82) is 0 Å². The van der Waals surface area contributed by atoms with E-state index in [1.165, 1.54) is 32.4 Å². The van der Waals surface area contributed by atoms with Crippen molar-refractivity contribution in [2.24, 2.45) is 0 Å². The largest absolute Gasteiger partial charge is 0.496 e. The van der Waals surface area contributed by atoms with Gasteiger partial charge in [0.05, 0.1) is 17.6 Å². The van der Waals surface area contributed by atoms with Gasteiger partial charge in [0.15, 0.2) is 0 Å². The summed E-state index contributed by atoms with van der Waals surface area (Å²) in [6.45, 7) is 2.02. The molecule has 0 bridgehead atoms. The number of amides is 1. The molecule has 0 saturated carbocycles. The maximum atomic E-state index is 12.5. The quantitative estimate of drug-likeness (QED) is 0.840. The molecule has 0 aliphatic heterocycles. The van der Waals surface area contributed by atoms with Crippen LogP contribution in [0.1, 0.15) is 22.8 Å². The Balaban J connectivity index is 2.36. The number of methoxy groups -OCH3 is 1. The van der Waals surface area contributed by atoms with E-state index >= 15 is 0 Å². The molecule has 24 heavy (non-hydrogen) atoms. The topological polar surface area (TPSA) is 84.5 Å². The molecule has 0 atom stereocenters. The Morgan fingerprint density at radius 1 is 1.12 bits per heavy atom. The first kappa shape index (κ1) is 17.8. The van der Waals surface area contributed by atoms with Gasteiger partial charge < -0.3 is 10.1 Å². The normalized spacial score (nSPS) is 11.0. The summed E-state index contributed by atoms with van der Waals surface area (Å²) in [7, 11) is -0.919. The van der Waals surface area contributed by atoms with Crippen LogP contribution < -0.4 is 14.8 Å². The van der Waals surface area contributed by atoms with E-state index in [9.17, 15) is 13.2 Å². The summed E-state index contributed by atoms with van der Waals surface area (Å²) in [5.41, 5.74) is 1.73. The van der Waals surface area contributed by atoms with Gasteiger partial charge in [-0.2, -0.15) is 0 Å². The van der Waals surface area contributed by atoms with E-state index in [1.807, 2.05) is 19.1 Å². The molecule has 0 aliphatic carbocycles. The van der Waals surface area contributed by atoms with Gasteiger partial charge in [0, 0.05) is 12.7 Å². The summed E-state index contributed by atoms with van der Waals surface area (Å²) < 4.78 is 32.7. The Kier molecular flexibility index (Phi) is 5.46. The van der Waals surface area contributed by atoms with E-state index in [1.54, 1.807) is 12.1 Å². The zero-order valence-corrected chi connectivity index (χ0v) is 14.6. The molecular weight excluding hydrogens is 328 g/mol. The van der Waals surface area contributed by atoms with Gasteiger partial charge in [-0.1, -0.05) is 19.1 Å². The average Bonchev–Trinajstić information content (AvgIpc) is 2.60. The highest BCUT2D eigenvalue weighted by Crippen LogP contribution is 2.24. The van der Waals surface area contributed by atoms with Crippen LogP contribution in [0.5, 0.6) is 5.75 Å². The summed E-state index contributed by atoms with van der Waals surface area (Å²) in [5.74, 6) is -0.114. The number of hydrogen-bond donors (Lipinski definition) is 2. The fourth-order valence-corrected chi connectivity index (χ4v) is 3.27. The number of hydrogen-bond acceptors (Lipinski definition) is 4. The summed E-state index contributed by atoms with van der Waals surface area (Å²) in [5, 5.41) is 2.46. The van der Waals surface area contributed by atoms with Gasteiger partial charge in [-0.15, -0.1) is 0 Å². The smallest absolute Gasteiger partial charge is 0.261 e. The van der Waals surface area contributed by atoms with Gasteiger partial charge in [-0.05, 0) is 42.3 Å². The van der Waals surface area contributed by atoms with E-state index in [4.69, 9.17) is 4.74 Å². The third kappa shape index (κ3) is 3.86. The van der Waals surface area contributed by atoms with Crippen LogP contribution in [-0.2, 0) is 16.4 Å². The fraction of sp³-hybridized carbons (Fsp3) is 0.235. The van der Waals surface area contributed by atoms with Crippen molar-refractivity contribution in [2.75, 3.05) is 18.9 Å². The minimum Gasteiger partial charge on any atom is -0.496 e. The summed E-state index contributed by atoms with van der Waals surface area (Å²) in [6, 6.07) is 11.3. The number of sulfonamides is 1. The first-order valence-electron chi connectivity index (χ1n) is 7.43. The molecule has 0 aliphatic rings. The molecule has 0 spiro atoms. The maximum absolute atomic E-state index is 12.5. The number of rotatable bonds is 6. The second-order valence-electron chi connectivity index (χ2n) is 5.10. The lowest BCUT2D eigenvalue weighted by Crippen LogP contribution is -2.20. The van der Waals surface area contributed by atoms with Crippen molar-refractivity contribution < 1.29 is 17.9 Å². The van der Waals surface area contributed by atoms with E-state index < -0.39 is 15.9 Å². The predicted molar refractivity (Wildman–Crippen MR) is 93.0 cm³/mol. The van der Waals surface area contributed by atoms with Crippen molar-refractivity contribution in [3.05, 3.63) is 53.6 Å². The van der Waals surface area contributed by atoms with Gasteiger partial charge in [-0.3, -0.25) is 9.52 Å². The molecule has 6 nitrogen and oxygen atoms in total. The summed E-state index contributed by atoms with van der Waals surface area (Å²) >= 11 is 0. The van der Waals surface area contributed by atoms with Crippen molar-refractivity contribution in [2.45, 2.75) is 18.2 Å². The van der Waals surface area contributed by atoms with Crippen molar-refractivity contribution in [3.8, 4) is 5.75 Å². The Labute approximate surface area is 141 Å². The SMILES string of the molecule is CCc1ccc(NS(=O)(=O)c2ccc(OC)c(C(=O)NC)c2)cc1. The highest BCUT2D eigenvalue weighted by molar-refractivity contribution is 7.92. The van der Waals surface area contributed by atoms with Crippen LogP contribution in [0, 0.1) is 0 Å². The van der Waals surface area contributed by atoms with Crippen LogP contribution in [0.25, 0.3) is 0 Å². The first-order chi connectivity index (χ1) is 11.4. The molecule has 0 fully saturated rings. The number of carbonyl (C=O) groups excluding carboxylic acids is 1. The molecule has 2 N–H and O–H groups in total. The number of ether oxygens (including phenoxy) is 1. The van der Waals surface area contributed by atoms with Gasteiger partial charge in [0.2, 0.25) is 0 Å². The zero-order valence-electron chi connectivity index (χ0n) is 13.8. The molecule has 2 aromatic rings. The molecule has 2 rings (SSSR count). The Morgan fingerprint density at radius 2 is 1.79 bits per heavy atom. The first-order valence-corrected chi connectivity index (χ1v) is 8.91. The van der Waals surface area contributed by atoms with Crippen LogP contribution in [-0.4, -0.2) is 28.5 Å². The van der Waals surface area contributed by atoms with Gasteiger partial charge in [-0.25, -0.2) is 8.42 Å². The zero-order chi connectivity index (χ0) is 17.7. The summed E-state index contributed by atoms with van der Waals surface area (Å²) in [4.78, 5) is 11.9. The van der Waals surface area contributed by atoms with Crippen LogP contribution in [0.2, 0.25) is 0 Å². The molecule has 0 saturated heterocycles. The highest BCUT2D eigenvalue weighted by atomic mass is 32.2.